The number of hydrogen-bond donors (Lipinski definition) is 0. The van der Waals surface area contributed by atoms with Crippen LogP contribution in [0.15, 0.2) is 77.8 Å². The van der Waals surface area contributed by atoms with Crippen LogP contribution in [0, 0.1) is 0 Å². The molecule has 5 nitrogen and oxygen atoms in total. The van der Waals surface area contributed by atoms with Crippen LogP contribution in [-0.2, 0) is 0 Å². The number of carbonyl (C=O) groups excluding carboxylic acids is 1. The molecule has 3 aromatic carbocycles. The van der Waals surface area contributed by atoms with Crippen molar-refractivity contribution in [2.75, 3.05) is 14.2 Å². The molecule has 0 aromatic heterocycles. The molecule has 0 atom stereocenters. The molecular weight excluding hydrogens is 342 g/mol. The molecule has 0 saturated heterocycles. The normalized spacial score (nSPS) is 10.6. The van der Waals surface area contributed by atoms with Gasteiger partial charge in [0.2, 0.25) is 0 Å². The molecule has 0 saturated carbocycles. The monoisotopic (exact) mass is 361 g/mol. The average Bonchev–Trinajstić information content (AvgIpc) is 2.73. The minimum absolute atomic E-state index is 0.418. The molecule has 0 aliphatic rings. The van der Waals surface area contributed by atoms with Crippen molar-refractivity contribution in [3.8, 4) is 17.2 Å². The van der Waals surface area contributed by atoms with Crippen molar-refractivity contribution in [3.05, 3.63) is 83.9 Å². The average molecular weight is 361 g/mol. The molecule has 0 bridgehead atoms. The van der Waals surface area contributed by atoms with E-state index in [1.807, 2.05) is 36.4 Å². The summed E-state index contributed by atoms with van der Waals surface area (Å²) in [6, 6.07) is 21.3. The standard InChI is InChI=1S/C22H19NO4/c1-25-19-9-7-18(8-10-19)23-15-16-3-5-17(6-4-16)22(24)27-21-13-11-20(26-2)12-14-21/h3-15H,1-2H3. The van der Waals surface area contributed by atoms with Gasteiger partial charge in [-0.05, 0) is 66.2 Å². The Morgan fingerprint density at radius 2 is 1.26 bits per heavy atom. The summed E-state index contributed by atoms with van der Waals surface area (Å²) in [5, 5.41) is 0. The van der Waals surface area contributed by atoms with Crippen molar-refractivity contribution >= 4 is 17.9 Å². The number of esters is 1. The van der Waals surface area contributed by atoms with Gasteiger partial charge in [-0.25, -0.2) is 4.79 Å². The van der Waals surface area contributed by atoms with Crippen LogP contribution < -0.4 is 14.2 Å². The molecule has 5 heteroatoms. The highest BCUT2D eigenvalue weighted by Crippen LogP contribution is 2.19. The molecule has 136 valence electrons. The fourth-order valence-corrected chi connectivity index (χ4v) is 2.33. The summed E-state index contributed by atoms with van der Waals surface area (Å²) in [5.41, 5.74) is 2.16. The predicted octanol–water partition coefficient (Wildman–Crippen LogP) is 4.67. The van der Waals surface area contributed by atoms with Gasteiger partial charge in [0.1, 0.15) is 17.2 Å². The summed E-state index contributed by atoms with van der Waals surface area (Å²) < 4.78 is 15.6. The van der Waals surface area contributed by atoms with E-state index in [2.05, 4.69) is 4.99 Å². The van der Waals surface area contributed by atoms with E-state index in [1.165, 1.54) is 0 Å². The lowest BCUT2D eigenvalue weighted by molar-refractivity contribution is 0.0734. The first-order valence-electron chi connectivity index (χ1n) is 8.32. The van der Waals surface area contributed by atoms with Gasteiger partial charge in [-0.15, -0.1) is 0 Å². The molecule has 0 radical (unpaired) electrons. The lowest BCUT2D eigenvalue weighted by atomic mass is 10.1. The van der Waals surface area contributed by atoms with Crippen LogP contribution >= 0.6 is 0 Å². The van der Waals surface area contributed by atoms with E-state index in [0.29, 0.717) is 17.1 Å². The summed E-state index contributed by atoms with van der Waals surface area (Å²) in [6.45, 7) is 0. The van der Waals surface area contributed by atoms with E-state index >= 15 is 0 Å². The van der Waals surface area contributed by atoms with Crippen LogP contribution in [0.2, 0.25) is 0 Å². The number of ether oxygens (including phenoxy) is 3. The van der Waals surface area contributed by atoms with Crippen molar-refractivity contribution in [2.24, 2.45) is 4.99 Å². The van der Waals surface area contributed by atoms with Crippen molar-refractivity contribution < 1.29 is 19.0 Å². The van der Waals surface area contributed by atoms with Gasteiger partial charge in [0.25, 0.3) is 0 Å². The van der Waals surface area contributed by atoms with Gasteiger partial charge >= 0.3 is 5.97 Å². The zero-order chi connectivity index (χ0) is 19.1. The molecule has 0 unspecified atom stereocenters. The number of nitrogens with zero attached hydrogens (tertiary/aromatic N) is 1. The maximum Gasteiger partial charge on any atom is 0.343 e. The fourth-order valence-electron chi connectivity index (χ4n) is 2.33. The number of rotatable bonds is 6. The molecule has 0 fully saturated rings. The van der Waals surface area contributed by atoms with Crippen molar-refractivity contribution in [3.63, 3.8) is 0 Å². The molecule has 0 aliphatic carbocycles. The summed E-state index contributed by atoms with van der Waals surface area (Å²) >= 11 is 0. The first-order valence-corrected chi connectivity index (χ1v) is 8.32. The van der Waals surface area contributed by atoms with Crippen molar-refractivity contribution in [1.29, 1.82) is 0 Å². The van der Waals surface area contributed by atoms with E-state index < -0.39 is 5.97 Å². The van der Waals surface area contributed by atoms with E-state index in [1.54, 1.807) is 56.8 Å². The zero-order valence-electron chi connectivity index (χ0n) is 15.1. The second kappa shape index (κ2) is 8.67. The first kappa shape index (κ1) is 18.2. The maximum atomic E-state index is 12.2. The Balaban J connectivity index is 1.63. The Bertz CT molecular complexity index is 914. The molecule has 3 aromatic rings. The number of aliphatic imine (C=N–C) groups is 1. The molecule has 3 rings (SSSR count). The van der Waals surface area contributed by atoms with Crippen LogP contribution in [0.4, 0.5) is 5.69 Å². The molecule has 27 heavy (non-hydrogen) atoms. The molecule has 0 amide bonds. The van der Waals surface area contributed by atoms with Gasteiger partial charge in [-0.2, -0.15) is 0 Å². The van der Waals surface area contributed by atoms with Gasteiger partial charge in [0, 0.05) is 6.21 Å². The Morgan fingerprint density at radius 1 is 0.741 bits per heavy atom. The van der Waals surface area contributed by atoms with E-state index in [0.717, 1.165) is 17.0 Å². The highest BCUT2D eigenvalue weighted by Gasteiger charge is 2.08. The van der Waals surface area contributed by atoms with Gasteiger partial charge in [0.05, 0.1) is 25.5 Å². The molecule has 0 N–H and O–H groups in total. The minimum Gasteiger partial charge on any atom is -0.497 e. The predicted molar refractivity (Wildman–Crippen MR) is 105 cm³/mol. The molecule has 0 heterocycles. The SMILES string of the molecule is COc1ccc(N=Cc2ccc(C(=O)Oc3ccc(OC)cc3)cc2)cc1. The van der Waals surface area contributed by atoms with Crippen molar-refractivity contribution in [1.82, 2.24) is 0 Å². The lowest BCUT2D eigenvalue weighted by Gasteiger charge is -2.05. The zero-order valence-corrected chi connectivity index (χ0v) is 15.1. The third-order valence-electron chi connectivity index (χ3n) is 3.85. The summed E-state index contributed by atoms with van der Waals surface area (Å²) in [5.74, 6) is 1.54. The highest BCUT2D eigenvalue weighted by atomic mass is 16.5. The Hall–Kier alpha value is -3.60. The Kier molecular flexibility index (Phi) is 5.84. The third-order valence-corrected chi connectivity index (χ3v) is 3.85. The first-order chi connectivity index (χ1) is 13.2. The topological polar surface area (TPSA) is 57.1 Å². The number of benzene rings is 3. The molecular formula is C22H19NO4. The van der Waals surface area contributed by atoms with E-state index in [-0.39, 0.29) is 0 Å². The van der Waals surface area contributed by atoms with E-state index in [4.69, 9.17) is 14.2 Å². The quantitative estimate of drug-likeness (QED) is 0.364. The summed E-state index contributed by atoms with van der Waals surface area (Å²) in [6.07, 6.45) is 1.74. The van der Waals surface area contributed by atoms with Gasteiger partial charge in [0.15, 0.2) is 0 Å². The van der Waals surface area contributed by atoms with Gasteiger partial charge in [-0.1, -0.05) is 12.1 Å². The smallest absolute Gasteiger partial charge is 0.343 e. The van der Waals surface area contributed by atoms with E-state index in [9.17, 15) is 4.79 Å². The van der Waals surface area contributed by atoms with Crippen LogP contribution in [0.3, 0.4) is 0 Å². The molecule has 0 aliphatic heterocycles. The van der Waals surface area contributed by atoms with Crippen LogP contribution in [0.25, 0.3) is 0 Å². The number of methoxy groups -OCH3 is 2. The van der Waals surface area contributed by atoms with Gasteiger partial charge < -0.3 is 14.2 Å². The van der Waals surface area contributed by atoms with Gasteiger partial charge in [-0.3, -0.25) is 4.99 Å². The fraction of sp³-hybridized carbons (Fsp3) is 0.0909. The summed E-state index contributed by atoms with van der Waals surface area (Å²) in [4.78, 5) is 16.6. The highest BCUT2D eigenvalue weighted by molar-refractivity contribution is 5.92. The second-order valence-electron chi connectivity index (χ2n) is 5.64. The number of carbonyl (C=O) groups is 1. The second-order valence-corrected chi connectivity index (χ2v) is 5.64. The van der Waals surface area contributed by atoms with Crippen molar-refractivity contribution in [2.45, 2.75) is 0 Å². The Labute approximate surface area is 157 Å². The largest absolute Gasteiger partial charge is 0.497 e. The maximum absolute atomic E-state index is 12.2. The lowest BCUT2D eigenvalue weighted by Crippen LogP contribution is -2.08. The number of hydrogen-bond acceptors (Lipinski definition) is 5. The Morgan fingerprint density at radius 3 is 1.81 bits per heavy atom. The van der Waals surface area contributed by atoms with Crippen LogP contribution in [-0.4, -0.2) is 26.4 Å². The molecule has 0 spiro atoms. The minimum atomic E-state index is -0.418. The van der Waals surface area contributed by atoms with Crippen LogP contribution in [0.1, 0.15) is 15.9 Å². The third kappa shape index (κ3) is 4.95. The van der Waals surface area contributed by atoms with Crippen LogP contribution in [0.5, 0.6) is 17.2 Å². The summed E-state index contributed by atoms with van der Waals surface area (Å²) in [7, 11) is 3.21.